The van der Waals surface area contributed by atoms with Crippen LogP contribution in [0.1, 0.15) is 67.2 Å². The molecule has 0 aliphatic rings. The Hall–Kier alpha value is -1.49. The minimum Gasteiger partial charge on any atom is -0.350 e. The van der Waals surface area contributed by atoms with Gasteiger partial charge < -0.3 is 5.32 Å². The predicted molar refractivity (Wildman–Crippen MR) is 99.9 cm³/mol. The SMILES string of the molecule is CC(=O)c1c(C)cc(C)c(C[S@@](=O)[C@H](C)C(=O)NC(C)(C)C)c1C. The van der Waals surface area contributed by atoms with Crippen molar-refractivity contribution in [1.82, 2.24) is 5.32 Å². The van der Waals surface area contributed by atoms with Gasteiger partial charge in [-0.15, -0.1) is 0 Å². The summed E-state index contributed by atoms with van der Waals surface area (Å²) >= 11 is 0. The van der Waals surface area contributed by atoms with Crippen LogP contribution < -0.4 is 5.32 Å². The van der Waals surface area contributed by atoms with Crippen molar-refractivity contribution in [2.45, 2.75) is 71.9 Å². The van der Waals surface area contributed by atoms with Crippen LogP contribution in [0, 0.1) is 20.8 Å². The van der Waals surface area contributed by atoms with Gasteiger partial charge in [-0.2, -0.15) is 0 Å². The fourth-order valence-electron chi connectivity index (χ4n) is 2.85. The van der Waals surface area contributed by atoms with E-state index in [-0.39, 0.29) is 23.0 Å². The molecule has 134 valence electrons. The number of aryl methyl sites for hydroxylation is 2. The van der Waals surface area contributed by atoms with Gasteiger partial charge in [-0.3, -0.25) is 13.8 Å². The molecule has 0 unspecified atom stereocenters. The van der Waals surface area contributed by atoms with Gasteiger partial charge >= 0.3 is 0 Å². The lowest BCUT2D eigenvalue weighted by atomic mass is 9.92. The van der Waals surface area contributed by atoms with Crippen molar-refractivity contribution in [1.29, 1.82) is 0 Å². The monoisotopic (exact) mass is 351 g/mol. The van der Waals surface area contributed by atoms with Gasteiger partial charge in [0.15, 0.2) is 5.78 Å². The minimum atomic E-state index is -1.35. The molecule has 0 heterocycles. The van der Waals surface area contributed by atoms with Crippen molar-refractivity contribution in [3.63, 3.8) is 0 Å². The highest BCUT2D eigenvalue weighted by Crippen LogP contribution is 2.25. The maximum Gasteiger partial charge on any atom is 0.235 e. The third-order valence-electron chi connectivity index (χ3n) is 4.03. The van der Waals surface area contributed by atoms with E-state index in [1.807, 2.05) is 47.6 Å². The summed E-state index contributed by atoms with van der Waals surface area (Å²) in [6.45, 7) is 14.7. The van der Waals surface area contributed by atoms with Gasteiger partial charge in [0.2, 0.25) is 5.91 Å². The topological polar surface area (TPSA) is 63.2 Å². The number of rotatable bonds is 5. The molecule has 0 bridgehead atoms. The Morgan fingerprint density at radius 1 is 1.17 bits per heavy atom. The lowest BCUT2D eigenvalue weighted by molar-refractivity contribution is -0.121. The Morgan fingerprint density at radius 2 is 1.71 bits per heavy atom. The summed E-state index contributed by atoms with van der Waals surface area (Å²) in [7, 11) is -1.35. The molecular weight excluding hydrogens is 322 g/mol. The molecule has 0 saturated carbocycles. The van der Waals surface area contributed by atoms with Crippen LogP contribution in [0.3, 0.4) is 0 Å². The Labute approximate surface area is 147 Å². The largest absolute Gasteiger partial charge is 0.350 e. The Morgan fingerprint density at radius 3 is 2.17 bits per heavy atom. The molecule has 0 aromatic heterocycles. The van der Waals surface area contributed by atoms with Crippen LogP contribution in [0.4, 0.5) is 0 Å². The van der Waals surface area contributed by atoms with Crippen LogP contribution in [0.15, 0.2) is 6.07 Å². The van der Waals surface area contributed by atoms with Crippen LogP contribution in [-0.2, 0) is 21.3 Å². The molecule has 1 N–H and O–H groups in total. The third kappa shape index (κ3) is 5.00. The zero-order valence-corrected chi connectivity index (χ0v) is 16.8. The molecule has 5 heteroatoms. The van der Waals surface area contributed by atoms with Crippen molar-refractivity contribution in [3.8, 4) is 0 Å². The fourth-order valence-corrected chi connectivity index (χ4v) is 4.12. The van der Waals surface area contributed by atoms with Gasteiger partial charge in [-0.05, 0) is 77.6 Å². The van der Waals surface area contributed by atoms with Gasteiger partial charge in [0.05, 0.1) is 0 Å². The standard InChI is InChI=1S/C19H29NO3S/c1-11-9-12(2)17(14(4)21)13(3)16(11)10-24(23)15(5)18(22)20-19(6,7)8/h9,15H,10H2,1-8H3,(H,20,22)/t15-,24-/m1/s1. The highest BCUT2D eigenvalue weighted by atomic mass is 32.2. The summed E-state index contributed by atoms with van der Waals surface area (Å²) in [5.74, 6) is 0.0716. The molecule has 0 spiro atoms. The van der Waals surface area contributed by atoms with Crippen LogP contribution in [0.2, 0.25) is 0 Å². The first-order valence-corrected chi connectivity index (χ1v) is 9.53. The first kappa shape index (κ1) is 20.6. The highest BCUT2D eigenvalue weighted by Gasteiger charge is 2.25. The van der Waals surface area contributed by atoms with Gasteiger partial charge in [0.25, 0.3) is 0 Å². The number of carbonyl (C=O) groups excluding carboxylic acids is 2. The number of hydrogen-bond donors (Lipinski definition) is 1. The highest BCUT2D eigenvalue weighted by molar-refractivity contribution is 7.85. The van der Waals surface area contributed by atoms with E-state index in [4.69, 9.17) is 0 Å². The van der Waals surface area contributed by atoms with Gasteiger partial charge in [0, 0.05) is 27.7 Å². The maximum atomic E-state index is 12.7. The van der Waals surface area contributed by atoms with Crippen LogP contribution in [0.5, 0.6) is 0 Å². The summed E-state index contributed by atoms with van der Waals surface area (Å²) in [6.07, 6.45) is 0. The first-order chi connectivity index (χ1) is 10.8. The lowest BCUT2D eigenvalue weighted by Crippen LogP contribution is -2.46. The molecule has 0 fully saturated rings. The zero-order chi connectivity index (χ0) is 18.8. The van der Waals surface area contributed by atoms with Crippen LogP contribution in [0.25, 0.3) is 0 Å². The molecule has 1 rings (SSSR count). The molecule has 4 nitrogen and oxygen atoms in total. The summed E-state index contributed by atoms with van der Waals surface area (Å²) < 4.78 is 12.7. The van der Waals surface area contributed by atoms with E-state index in [2.05, 4.69) is 5.32 Å². The van der Waals surface area contributed by atoms with Crippen molar-refractivity contribution in [2.24, 2.45) is 0 Å². The second-order valence-electron chi connectivity index (χ2n) is 7.45. The van der Waals surface area contributed by atoms with Gasteiger partial charge in [0.1, 0.15) is 5.25 Å². The molecule has 0 saturated heterocycles. The summed E-state index contributed by atoms with van der Waals surface area (Å²) in [5.41, 5.74) is 4.06. The Kier molecular flexibility index (Phi) is 6.51. The Bertz CT molecular complexity index is 687. The summed E-state index contributed by atoms with van der Waals surface area (Å²) in [4.78, 5) is 24.1. The van der Waals surface area contributed by atoms with E-state index in [1.165, 1.54) is 0 Å². The molecule has 2 atom stereocenters. The quantitative estimate of drug-likeness (QED) is 0.827. The lowest BCUT2D eigenvalue weighted by Gasteiger charge is -2.23. The van der Waals surface area contributed by atoms with Crippen LogP contribution in [-0.4, -0.2) is 26.7 Å². The smallest absolute Gasteiger partial charge is 0.235 e. The number of amides is 1. The third-order valence-corrected chi connectivity index (χ3v) is 5.61. The van der Waals surface area contributed by atoms with Crippen LogP contribution >= 0.6 is 0 Å². The van der Waals surface area contributed by atoms with Crippen molar-refractivity contribution < 1.29 is 13.8 Å². The number of hydrogen-bond acceptors (Lipinski definition) is 3. The van der Waals surface area contributed by atoms with E-state index in [0.29, 0.717) is 5.56 Å². The summed E-state index contributed by atoms with van der Waals surface area (Å²) in [6, 6.07) is 1.95. The average Bonchev–Trinajstić information content (AvgIpc) is 2.39. The second-order valence-corrected chi connectivity index (χ2v) is 9.21. The fraction of sp³-hybridized carbons (Fsp3) is 0.579. The summed E-state index contributed by atoms with van der Waals surface area (Å²) in [5, 5.41) is 2.26. The number of benzene rings is 1. The number of ketones is 1. The molecule has 1 aromatic rings. The van der Waals surface area contributed by atoms with E-state index in [9.17, 15) is 13.8 Å². The Balaban J connectivity index is 3.09. The minimum absolute atomic E-state index is 0.00977. The first-order valence-electron chi connectivity index (χ1n) is 8.15. The predicted octanol–water partition coefficient (Wildman–Crippen LogP) is 3.37. The van der Waals surface area contributed by atoms with Gasteiger partial charge in [-0.1, -0.05) is 6.07 Å². The molecular formula is C19H29NO3S. The number of carbonyl (C=O) groups is 2. The molecule has 24 heavy (non-hydrogen) atoms. The van der Waals surface area contributed by atoms with Crippen molar-refractivity contribution >= 4 is 22.5 Å². The second kappa shape index (κ2) is 7.60. The van der Waals surface area contributed by atoms with Crippen molar-refractivity contribution in [3.05, 3.63) is 33.9 Å². The normalized spacial score (nSPS) is 14.2. The van der Waals surface area contributed by atoms with E-state index in [1.54, 1.807) is 13.8 Å². The molecule has 0 aliphatic carbocycles. The van der Waals surface area contributed by atoms with E-state index < -0.39 is 16.0 Å². The molecule has 0 aliphatic heterocycles. The van der Waals surface area contributed by atoms with E-state index >= 15 is 0 Å². The van der Waals surface area contributed by atoms with Crippen molar-refractivity contribution in [2.75, 3.05) is 0 Å². The number of nitrogens with one attached hydrogen (secondary N) is 1. The molecule has 0 radical (unpaired) electrons. The average molecular weight is 352 g/mol. The van der Waals surface area contributed by atoms with E-state index in [0.717, 1.165) is 22.3 Å². The maximum absolute atomic E-state index is 12.7. The number of Topliss-reactive ketones (excluding diaryl/α,β-unsaturated/α-hetero) is 1. The molecule has 1 amide bonds. The molecule has 1 aromatic carbocycles. The zero-order valence-electron chi connectivity index (χ0n) is 16.0. The van der Waals surface area contributed by atoms with Gasteiger partial charge in [-0.25, -0.2) is 0 Å².